The summed E-state index contributed by atoms with van der Waals surface area (Å²) in [6, 6.07) is 23.0. The highest BCUT2D eigenvalue weighted by molar-refractivity contribution is 6.00. The van der Waals surface area contributed by atoms with E-state index in [4.69, 9.17) is 0 Å². The van der Waals surface area contributed by atoms with Crippen molar-refractivity contribution in [1.82, 2.24) is 15.1 Å². The third-order valence-electron chi connectivity index (χ3n) is 9.26. The van der Waals surface area contributed by atoms with Gasteiger partial charge in [-0.3, -0.25) is 9.59 Å². The first kappa shape index (κ1) is 28.5. The highest BCUT2D eigenvalue weighted by atomic mass is 19.4. The van der Waals surface area contributed by atoms with Gasteiger partial charge in [-0.1, -0.05) is 73.2 Å². The zero-order chi connectivity index (χ0) is 29.3. The standard InChI is InChI=1S/C34H36F3N3O2/c35-34(36,37)23-38-32(42)33(29-13-5-3-11-27(29)28-12-4-6-14-30(28)33)17-7-8-18-39-19-15-24(16-20-39)21-40-22-25-9-1-2-10-26(25)31(40)41/h1-6,9-14,24H,7-8,15-23H2,(H,38,42). The molecular weight excluding hydrogens is 539 g/mol. The predicted octanol–water partition coefficient (Wildman–Crippen LogP) is 6.17. The number of carbonyl (C=O) groups is 2. The molecule has 0 radical (unpaired) electrons. The number of likely N-dealkylation sites (tertiary alicyclic amines) is 1. The number of halogens is 3. The van der Waals surface area contributed by atoms with Crippen LogP contribution in [0.5, 0.6) is 0 Å². The lowest BCUT2D eigenvalue weighted by Gasteiger charge is -2.34. The van der Waals surface area contributed by atoms with E-state index in [1.165, 1.54) is 0 Å². The Balaban J connectivity index is 1.06. The fourth-order valence-corrected chi connectivity index (χ4v) is 7.18. The van der Waals surface area contributed by atoms with E-state index >= 15 is 0 Å². The van der Waals surface area contributed by atoms with Crippen LogP contribution in [0.4, 0.5) is 13.2 Å². The molecule has 3 aromatic rings. The van der Waals surface area contributed by atoms with Crippen molar-refractivity contribution < 1.29 is 22.8 Å². The first-order valence-corrected chi connectivity index (χ1v) is 14.9. The van der Waals surface area contributed by atoms with E-state index in [-0.39, 0.29) is 5.91 Å². The summed E-state index contributed by atoms with van der Waals surface area (Å²) >= 11 is 0. The maximum Gasteiger partial charge on any atom is 0.405 e. The smallest absolute Gasteiger partial charge is 0.346 e. The molecule has 0 unspecified atom stereocenters. The number of piperidine rings is 1. The molecule has 2 heterocycles. The number of hydrogen-bond donors (Lipinski definition) is 1. The Morgan fingerprint density at radius 1 is 0.857 bits per heavy atom. The summed E-state index contributed by atoms with van der Waals surface area (Å²) in [7, 11) is 0. The number of rotatable bonds is 9. The van der Waals surface area contributed by atoms with E-state index in [2.05, 4.69) is 10.2 Å². The van der Waals surface area contributed by atoms with E-state index in [1.807, 2.05) is 77.7 Å². The molecule has 0 spiro atoms. The van der Waals surface area contributed by atoms with Gasteiger partial charge in [-0.25, -0.2) is 0 Å². The summed E-state index contributed by atoms with van der Waals surface area (Å²) in [5, 5.41) is 2.22. The molecule has 0 saturated carbocycles. The minimum atomic E-state index is -4.48. The quantitative estimate of drug-likeness (QED) is 0.311. The molecule has 0 bridgehead atoms. The molecule has 3 aliphatic rings. The zero-order valence-electron chi connectivity index (χ0n) is 23.6. The summed E-state index contributed by atoms with van der Waals surface area (Å²) < 4.78 is 39.3. The number of nitrogens with zero attached hydrogens (tertiary/aromatic N) is 2. The molecule has 42 heavy (non-hydrogen) atoms. The third kappa shape index (κ3) is 5.44. The number of amides is 2. The maximum absolute atomic E-state index is 13.7. The molecule has 0 aromatic heterocycles. The van der Waals surface area contributed by atoms with Gasteiger partial charge in [0.15, 0.2) is 0 Å². The largest absolute Gasteiger partial charge is 0.405 e. The number of nitrogens with one attached hydrogen (secondary N) is 1. The Hall–Kier alpha value is -3.65. The second-order valence-corrected chi connectivity index (χ2v) is 11.9. The molecule has 1 N–H and O–H groups in total. The molecule has 1 saturated heterocycles. The Labute approximate surface area is 244 Å². The molecule has 6 rings (SSSR count). The number of fused-ring (bicyclic) bond motifs is 4. The molecule has 2 aliphatic heterocycles. The van der Waals surface area contributed by atoms with E-state index in [9.17, 15) is 22.8 Å². The number of carbonyl (C=O) groups excluding carboxylic acids is 2. The monoisotopic (exact) mass is 575 g/mol. The Morgan fingerprint density at radius 3 is 2.07 bits per heavy atom. The number of alkyl halides is 3. The fraction of sp³-hybridized carbons (Fsp3) is 0.412. The van der Waals surface area contributed by atoms with Gasteiger partial charge in [-0.15, -0.1) is 0 Å². The van der Waals surface area contributed by atoms with Crippen LogP contribution >= 0.6 is 0 Å². The van der Waals surface area contributed by atoms with Crippen LogP contribution in [0.2, 0.25) is 0 Å². The van der Waals surface area contributed by atoms with Gasteiger partial charge in [-0.05, 0) is 85.1 Å². The van der Waals surface area contributed by atoms with Crippen LogP contribution in [0.15, 0.2) is 72.8 Å². The highest BCUT2D eigenvalue weighted by Crippen LogP contribution is 2.51. The van der Waals surface area contributed by atoms with Gasteiger partial charge in [0.1, 0.15) is 12.0 Å². The average molecular weight is 576 g/mol. The van der Waals surface area contributed by atoms with Crippen molar-refractivity contribution in [2.45, 2.75) is 50.2 Å². The van der Waals surface area contributed by atoms with Gasteiger partial charge < -0.3 is 15.1 Å². The minimum absolute atomic E-state index is 0.135. The Morgan fingerprint density at radius 2 is 1.45 bits per heavy atom. The Bertz CT molecular complexity index is 1420. The minimum Gasteiger partial charge on any atom is -0.346 e. The first-order chi connectivity index (χ1) is 20.3. The van der Waals surface area contributed by atoms with Gasteiger partial charge in [0.05, 0.1) is 0 Å². The van der Waals surface area contributed by atoms with Crippen LogP contribution in [0, 0.1) is 5.92 Å². The van der Waals surface area contributed by atoms with Crippen LogP contribution < -0.4 is 5.32 Å². The topological polar surface area (TPSA) is 52.7 Å². The molecule has 0 atom stereocenters. The number of hydrogen-bond acceptors (Lipinski definition) is 3. The first-order valence-electron chi connectivity index (χ1n) is 14.9. The second-order valence-electron chi connectivity index (χ2n) is 11.9. The SMILES string of the molecule is O=C1c2ccccc2CN1CC1CCN(CCCCC2(C(=O)NCC(F)(F)F)c3ccccc3-c3ccccc32)CC1. The van der Waals surface area contributed by atoms with Gasteiger partial charge in [-0.2, -0.15) is 13.2 Å². The maximum atomic E-state index is 13.7. The summed E-state index contributed by atoms with van der Waals surface area (Å²) in [4.78, 5) is 30.8. The Kier molecular flexibility index (Phi) is 7.83. The molecular formula is C34H36F3N3O2. The van der Waals surface area contributed by atoms with Crippen LogP contribution in [-0.4, -0.2) is 60.5 Å². The van der Waals surface area contributed by atoms with Crippen molar-refractivity contribution in [3.8, 4) is 11.1 Å². The van der Waals surface area contributed by atoms with Crippen molar-refractivity contribution >= 4 is 11.8 Å². The molecule has 3 aromatic carbocycles. The number of unbranched alkanes of at least 4 members (excludes halogenated alkanes) is 1. The summed E-state index contributed by atoms with van der Waals surface area (Å²) in [6.45, 7) is 2.94. The van der Waals surface area contributed by atoms with Crippen molar-refractivity contribution in [3.63, 3.8) is 0 Å². The zero-order valence-corrected chi connectivity index (χ0v) is 23.6. The summed E-state index contributed by atoms with van der Waals surface area (Å²) in [5.74, 6) is 0.0274. The van der Waals surface area contributed by atoms with Crippen LogP contribution in [0.25, 0.3) is 11.1 Å². The van der Waals surface area contributed by atoms with Gasteiger partial charge >= 0.3 is 6.18 Å². The summed E-state index contributed by atoms with van der Waals surface area (Å²) in [6.07, 6.45) is -0.410. The van der Waals surface area contributed by atoms with Crippen LogP contribution in [0.3, 0.4) is 0 Å². The lowest BCUT2D eigenvalue weighted by molar-refractivity contribution is -0.141. The van der Waals surface area contributed by atoms with Gasteiger partial charge in [0.2, 0.25) is 5.91 Å². The van der Waals surface area contributed by atoms with Crippen LogP contribution in [0.1, 0.15) is 59.2 Å². The average Bonchev–Trinajstić information content (AvgIpc) is 3.47. The molecule has 220 valence electrons. The van der Waals surface area contributed by atoms with Crippen molar-refractivity contribution in [1.29, 1.82) is 0 Å². The molecule has 2 amide bonds. The van der Waals surface area contributed by atoms with E-state index < -0.39 is 24.0 Å². The van der Waals surface area contributed by atoms with Gasteiger partial charge in [0, 0.05) is 18.7 Å². The second kappa shape index (κ2) is 11.6. The van der Waals surface area contributed by atoms with E-state index in [1.54, 1.807) is 0 Å². The van der Waals surface area contributed by atoms with Crippen molar-refractivity contribution in [2.75, 3.05) is 32.7 Å². The van der Waals surface area contributed by atoms with Gasteiger partial charge in [0.25, 0.3) is 5.91 Å². The molecule has 5 nitrogen and oxygen atoms in total. The van der Waals surface area contributed by atoms with Crippen molar-refractivity contribution in [2.24, 2.45) is 5.92 Å². The number of benzene rings is 3. The molecule has 8 heteroatoms. The lowest BCUT2D eigenvalue weighted by atomic mass is 9.73. The summed E-state index contributed by atoms with van der Waals surface area (Å²) in [5.41, 5.74) is 4.18. The van der Waals surface area contributed by atoms with Crippen molar-refractivity contribution in [3.05, 3.63) is 95.1 Å². The molecule has 1 fully saturated rings. The normalized spacial score (nSPS) is 18.1. The fourth-order valence-electron chi connectivity index (χ4n) is 7.18. The molecule has 1 aliphatic carbocycles. The third-order valence-corrected chi connectivity index (χ3v) is 9.26. The van der Waals surface area contributed by atoms with E-state index in [0.29, 0.717) is 25.3 Å². The lowest BCUT2D eigenvalue weighted by Crippen LogP contribution is -2.47. The van der Waals surface area contributed by atoms with Crippen LogP contribution in [-0.2, 0) is 16.8 Å². The predicted molar refractivity (Wildman–Crippen MR) is 156 cm³/mol. The highest BCUT2D eigenvalue weighted by Gasteiger charge is 2.49. The van der Waals surface area contributed by atoms with E-state index in [0.717, 1.165) is 78.8 Å².